The molecule has 0 radical (unpaired) electrons. The van der Waals surface area contributed by atoms with Crippen molar-refractivity contribution in [2.45, 2.75) is 19.8 Å². The molecule has 1 aromatic heterocycles. The molecule has 2 rings (SSSR count). The average molecular weight is 362 g/mol. The van der Waals surface area contributed by atoms with Crippen molar-refractivity contribution >= 4 is 38.4 Å². The van der Waals surface area contributed by atoms with Crippen LogP contribution in [0.25, 0.3) is 0 Å². The molecule has 23 heavy (non-hydrogen) atoms. The van der Waals surface area contributed by atoms with Gasteiger partial charge in [-0.25, -0.2) is 17.5 Å². The number of aromatic nitrogens is 2. The zero-order valence-electron chi connectivity index (χ0n) is 12.8. The second-order valence-corrected chi connectivity index (χ2v) is 7.83. The minimum Gasteiger partial charge on any atom is -0.461 e. The van der Waals surface area contributed by atoms with E-state index in [-0.39, 0.29) is 29.1 Å². The largest absolute Gasteiger partial charge is 0.461 e. The fourth-order valence-corrected chi connectivity index (χ4v) is 3.70. The predicted molar refractivity (Wildman–Crippen MR) is 83.6 cm³/mol. The fraction of sp³-hybridized carbons (Fsp3) is 0.667. The Kier molecular flexibility index (Phi) is 5.65. The van der Waals surface area contributed by atoms with E-state index < -0.39 is 16.0 Å². The lowest BCUT2D eigenvalue weighted by Gasteiger charge is -2.29. The Morgan fingerprint density at radius 1 is 1.39 bits per heavy atom. The van der Waals surface area contributed by atoms with Gasteiger partial charge in [-0.3, -0.25) is 4.79 Å². The maximum absolute atomic E-state index is 12.3. The molecule has 9 nitrogen and oxygen atoms in total. The van der Waals surface area contributed by atoms with E-state index >= 15 is 0 Å². The summed E-state index contributed by atoms with van der Waals surface area (Å²) in [6.45, 7) is 2.49. The van der Waals surface area contributed by atoms with Crippen LogP contribution in [-0.2, 0) is 19.6 Å². The number of nitrogens with zero attached hydrogens (tertiary/aromatic N) is 3. The highest BCUT2D eigenvalue weighted by atomic mass is 32.2. The molecule has 0 aliphatic carbocycles. The third-order valence-corrected chi connectivity index (χ3v) is 5.43. The van der Waals surface area contributed by atoms with Crippen LogP contribution in [0.1, 0.15) is 30.3 Å². The van der Waals surface area contributed by atoms with Gasteiger partial charge in [0.2, 0.25) is 21.6 Å². The van der Waals surface area contributed by atoms with Crippen LogP contribution in [0.3, 0.4) is 0 Å². The number of amides is 1. The highest BCUT2D eigenvalue weighted by Crippen LogP contribution is 2.24. The van der Waals surface area contributed by atoms with Gasteiger partial charge in [-0.1, -0.05) is 4.49 Å². The number of carbonyl (C=O) groups is 2. The number of rotatable bonds is 5. The molecule has 1 saturated heterocycles. The number of carbonyl (C=O) groups excluding carboxylic acids is 2. The van der Waals surface area contributed by atoms with Crippen molar-refractivity contribution in [1.29, 1.82) is 0 Å². The summed E-state index contributed by atoms with van der Waals surface area (Å²) in [6.07, 6.45) is 2.02. The zero-order chi connectivity index (χ0) is 17.0. The Morgan fingerprint density at radius 3 is 2.61 bits per heavy atom. The van der Waals surface area contributed by atoms with Crippen molar-refractivity contribution in [1.82, 2.24) is 13.9 Å². The second kappa shape index (κ2) is 7.32. The molecule has 1 amide bonds. The normalized spacial score (nSPS) is 17.0. The van der Waals surface area contributed by atoms with E-state index in [0.29, 0.717) is 25.9 Å². The van der Waals surface area contributed by atoms with Crippen LogP contribution in [0, 0.1) is 5.92 Å². The first kappa shape index (κ1) is 17.8. The first-order valence-electron chi connectivity index (χ1n) is 7.08. The molecule has 0 atom stereocenters. The lowest BCUT2D eigenvalue weighted by Crippen LogP contribution is -2.40. The topological polar surface area (TPSA) is 119 Å². The predicted octanol–water partition coefficient (Wildman–Crippen LogP) is 0.325. The average Bonchev–Trinajstić information content (AvgIpc) is 2.95. The van der Waals surface area contributed by atoms with E-state index in [1.54, 1.807) is 6.92 Å². The molecule has 1 aliphatic heterocycles. The minimum absolute atomic E-state index is 0.0150. The fourth-order valence-electron chi connectivity index (χ4n) is 2.27. The summed E-state index contributed by atoms with van der Waals surface area (Å²) >= 11 is 0.901. The van der Waals surface area contributed by atoms with E-state index in [1.807, 2.05) is 0 Å². The lowest BCUT2D eigenvalue weighted by atomic mass is 9.97. The number of esters is 1. The molecule has 0 spiro atoms. The number of hydrogen-bond acceptors (Lipinski definition) is 8. The van der Waals surface area contributed by atoms with Gasteiger partial charge in [0.15, 0.2) is 5.00 Å². The van der Waals surface area contributed by atoms with Crippen LogP contribution in [-0.4, -0.2) is 60.1 Å². The van der Waals surface area contributed by atoms with E-state index in [1.165, 1.54) is 4.31 Å². The van der Waals surface area contributed by atoms with Crippen molar-refractivity contribution in [2.75, 3.05) is 31.3 Å². The van der Waals surface area contributed by atoms with Gasteiger partial charge in [0.1, 0.15) is 0 Å². The van der Waals surface area contributed by atoms with Gasteiger partial charge < -0.3 is 10.1 Å². The summed E-state index contributed by atoms with van der Waals surface area (Å²) in [7, 11) is -3.23. The van der Waals surface area contributed by atoms with Gasteiger partial charge in [0.05, 0.1) is 12.9 Å². The Labute approximate surface area is 138 Å². The molecule has 0 bridgehead atoms. The number of nitrogens with one attached hydrogen (secondary N) is 1. The highest BCUT2D eigenvalue weighted by Gasteiger charge is 2.30. The molecule has 1 fully saturated rings. The third kappa shape index (κ3) is 4.45. The molecule has 1 aliphatic rings. The third-order valence-electron chi connectivity index (χ3n) is 3.49. The smallest absolute Gasteiger partial charge is 0.362 e. The quantitative estimate of drug-likeness (QED) is 0.750. The van der Waals surface area contributed by atoms with E-state index in [0.717, 1.165) is 17.8 Å². The lowest BCUT2D eigenvalue weighted by molar-refractivity contribution is -0.120. The van der Waals surface area contributed by atoms with Crippen LogP contribution in [0.2, 0.25) is 0 Å². The molecule has 0 saturated carbocycles. The Hall–Kier alpha value is -1.59. The van der Waals surface area contributed by atoms with Crippen LogP contribution in [0.4, 0.5) is 5.00 Å². The van der Waals surface area contributed by atoms with Crippen LogP contribution in [0.5, 0.6) is 0 Å². The molecule has 128 valence electrons. The van der Waals surface area contributed by atoms with Crippen molar-refractivity contribution in [2.24, 2.45) is 5.92 Å². The van der Waals surface area contributed by atoms with Gasteiger partial charge in [-0.15, -0.1) is 5.10 Å². The number of ether oxygens (including phenoxy) is 1. The Balaban J connectivity index is 1.96. The number of hydrogen-bond donors (Lipinski definition) is 1. The molecule has 11 heteroatoms. The maximum atomic E-state index is 12.3. The van der Waals surface area contributed by atoms with Gasteiger partial charge in [-0.05, 0) is 19.8 Å². The van der Waals surface area contributed by atoms with Gasteiger partial charge in [0, 0.05) is 30.5 Å². The summed E-state index contributed by atoms with van der Waals surface area (Å²) < 4.78 is 32.8. The van der Waals surface area contributed by atoms with Crippen molar-refractivity contribution in [3.8, 4) is 0 Å². The molecular weight excluding hydrogens is 344 g/mol. The van der Waals surface area contributed by atoms with Gasteiger partial charge in [0.25, 0.3) is 0 Å². The summed E-state index contributed by atoms with van der Waals surface area (Å²) in [5.74, 6) is -1.22. The minimum atomic E-state index is -3.23. The summed E-state index contributed by atoms with van der Waals surface area (Å²) in [5, 5.41) is 6.56. The molecule has 1 aromatic rings. The Morgan fingerprint density at radius 2 is 2.04 bits per heavy atom. The zero-order valence-corrected chi connectivity index (χ0v) is 14.4. The maximum Gasteiger partial charge on any atom is 0.362 e. The van der Waals surface area contributed by atoms with Gasteiger partial charge >= 0.3 is 5.97 Å². The molecule has 2 heterocycles. The van der Waals surface area contributed by atoms with Crippen molar-refractivity contribution in [3.63, 3.8) is 0 Å². The van der Waals surface area contributed by atoms with E-state index in [9.17, 15) is 18.0 Å². The number of anilines is 1. The summed E-state index contributed by atoms with van der Waals surface area (Å²) in [5.41, 5.74) is -0.0150. The SMILES string of the molecule is CCOC(=O)c1nnsc1NC(=O)C1CCN(S(C)(=O)=O)CC1. The van der Waals surface area contributed by atoms with Crippen molar-refractivity contribution in [3.05, 3.63) is 5.69 Å². The van der Waals surface area contributed by atoms with Crippen LogP contribution < -0.4 is 5.32 Å². The molecule has 0 aromatic carbocycles. The van der Waals surface area contributed by atoms with Crippen LogP contribution in [0.15, 0.2) is 0 Å². The van der Waals surface area contributed by atoms with Crippen LogP contribution >= 0.6 is 11.5 Å². The highest BCUT2D eigenvalue weighted by molar-refractivity contribution is 7.88. The monoisotopic (exact) mass is 362 g/mol. The van der Waals surface area contributed by atoms with Gasteiger partial charge in [-0.2, -0.15) is 0 Å². The number of piperidine rings is 1. The molecule has 0 unspecified atom stereocenters. The Bertz CT molecular complexity index is 679. The standard InChI is InChI=1S/C12H18N4O5S2/c1-3-21-12(18)9-11(22-15-14-9)13-10(17)8-4-6-16(7-5-8)23(2,19)20/h8H,3-7H2,1-2H3,(H,13,17). The van der Waals surface area contributed by atoms with E-state index in [2.05, 4.69) is 14.9 Å². The first-order chi connectivity index (χ1) is 10.8. The summed E-state index contributed by atoms with van der Waals surface area (Å²) in [6, 6.07) is 0. The number of sulfonamides is 1. The molecule has 1 N–H and O–H groups in total. The molecular formula is C12H18N4O5S2. The summed E-state index contributed by atoms with van der Waals surface area (Å²) in [4.78, 5) is 24.0. The first-order valence-corrected chi connectivity index (χ1v) is 9.70. The second-order valence-electron chi connectivity index (χ2n) is 5.10. The van der Waals surface area contributed by atoms with Crippen molar-refractivity contribution < 1.29 is 22.7 Å². The van der Waals surface area contributed by atoms with E-state index in [4.69, 9.17) is 4.74 Å².